The highest BCUT2D eigenvalue weighted by Crippen LogP contribution is 2.13. The summed E-state index contributed by atoms with van der Waals surface area (Å²) in [6, 6.07) is 4.67. The first kappa shape index (κ1) is 11.7. The molecule has 1 rings (SSSR count). The quantitative estimate of drug-likeness (QED) is 0.791. The standard InChI is InChI=1S/C8H9ClFN.ClH/c1-11-5-6-2-3-7(9)4-8(6)10;/h2-4,11H,5H2,1H3;1H. The molecule has 0 aliphatic rings. The minimum absolute atomic E-state index is 0. The van der Waals surface area contributed by atoms with Gasteiger partial charge in [0.05, 0.1) is 0 Å². The van der Waals surface area contributed by atoms with Crippen LogP contribution < -0.4 is 5.32 Å². The predicted octanol–water partition coefficient (Wildman–Crippen LogP) is 2.62. The van der Waals surface area contributed by atoms with E-state index in [9.17, 15) is 4.39 Å². The van der Waals surface area contributed by atoms with Gasteiger partial charge in [0.15, 0.2) is 0 Å². The minimum atomic E-state index is -0.258. The van der Waals surface area contributed by atoms with Gasteiger partial charge in [0, 0.05) is 17.1 Å². The third kappa shape index (κ3) is 2.97. The van der Waals surface area contributed by atoms with E-state index < -0.39 is 0 Å². The molecule has 0 heterocycles. The zero-order valence-electron chi connectivity index (χ0n) is 6.60. The molecule has 0 aliphatic heterocycles. The van der Waals surface area contributed by atoms with Crippen molar-refractivity contribution in [2.75, 3.05) is 7.05 Å². The smallest absolute Gasteiger partial charge is 0.129 e. The van der Waals surface area contributed by atoms with Crippen LogP contribution in [0.2, 0.25) is 5.02 Å². The second-order valence-electron chi connectivity index (χ2n) is 2.27. The maximum atomic E-state index is 12.9. The van der Waals surface area contributed by atoms with Gasteiger partial charge in [0.2, 0.25) is 0 Å². The summed E-state index contributed by atoms with van der Waals surface area (Å²) in [5, 5.41) is 3.29. The lowest BCUT2D eigenvalue weighted by Gasteiger charge is -2.01. The van der Waals surface area contributed by atoms with Crippen molar-refractivity contribution in [3.05, 3.63) is 34.6 Å². The molecule has 0 aromatic heterocycles. The summed E-state index contributed by atoms with van der Waals surface area (Å²) in [7, 11) is 1.77. The lowest BCUT2D eigenvalue weighted by atomic mass is 10.2. The largest absolute Gasteiger partial charge is 0.316 e. The Bertz CT molecular complexity index is 253. The summed E-state index contributed by atoms with van der Waals surface area (Å²) in [5.41, 5.74) is 0.636. The van der Waals surface area contributed by atoms with E-state index in [1.807, 2.05) is 0 Å². The zero-order chi connectivity index (χ0) is 8.27. The van der Waals surface area contributed by atoms with E-state index >= 15 is 0 Å². The Morgan fingerprint density at radius 1 is 1.50 bits per heavy atom. The lowest BCUT2D eigenvalue weighted by Crippen LogP contribution is -2.06. The van der Waals surface area contributed by atoms with Gasteiger partial charge < -0.3 is 5.32 Å². The molecule has 0 fully saturated rings. The fourth-order valence-electron chi connectivity index (χ4n) is 0.855. The van der Waals surface area contributed by atoms with Crippen LogP contribution in [-0.4, -0.2) is 7.05 Å². The fraction of sp³-hybridized carbons (Fsp3) is 0.250. The number of hydrogen-bond acceptors (Lipinski definition) is 1. The molecule has 4 heteroatoms. The summed E-state index contributed by atoms with van der Waals surface area (Å²) in [5.74, 6) is -0.258. The van der Waals surface area contributed by atoms with Crippen molar-refractivity contribution < 1.29 is 4.39 Å². The Hall–Kier alpha value is -0.310. The third-order valence-corrected chi connectivity index (χ3v) is 1.62. The van der Waals surface area contributed by atoms with Crippen molar-refractivity contribution >= 4 is 24.0 Å². The predicted molar refractivity (Wildman–Crippen MR) is 51.4 cm³/mol. The molecule has 0 unspecified atom stereocenters. The van der Waals surface area contributed by atoms with E-state index in [-0.39, 0.29) is 18.2 Å². The first-order chi connectivity index (χ1) is 5.24. The molecule has 1 nitrogen and oxygen atoms in total. The zero-order valence-corrected chi connectivity index (χ0v) is 8.18. The van der Waals surface area contributed by atoms with Crippen molar-refractivity contribution in [1.82, 2.24) is 5.32 Å². The van der Waals surface area contributed by atoms with Crippen molar-refractivity contribution in [1.29, 1.82) is 0 Å². The Morgan fingerprint density at radius 2 is 2.17 bits per heavy atom. The van der Waals surface area contributed by atoms with E-state index in [2.05, 4.69) is 5.32 Å². The Morgan fingerprint density at radius 3 is 2.67 bits per heavy atom. The van der Waals surface area contributed by atoms with Crippen LogP contribution in [0.1, 0.15) is 5.56 Å². The Balaban J connectivity index is 0.00000121. The summed E-state index contributed by atoms with van der Waals surface area (Å²) < 4.78 is 12.9. The molecular formula is C8H10Cl2FN. The SMILES string of the molecule is CNCc1ccc(Cl)cc1F.Cl. The topological polar surface area (TPSA) is 12.0 Å². The molecule has 0 saturated carbocycles. The maximum absolute atomic E-state index is 12.9. The van der Waals surface area contributed by atoms with Crippen LogP contribution in [0, 0.1) is 5.82 Å². The summed E-state index contributed by atoms with van der Waals surface area (Å²) in [4.78, 5) is 0. The summed E-state index contributed by atoms with van der Waals surface area (Å²) in [6.45, 7) is 0.531. The first-order valence-corrected chi connectivity index (χ1v) is 3.70. The molecular weight excluding hydrogens is 200 g/mol. The number of halogens is 3. The van der Waals surface area contributed by atoms with Crippen molar-refractivity contribution in [3.8, 4) is 0 Å². The molecule has 0 atom stereocenters. The third-order valence-electron chi connectivity index (χ3n) is 1.38. The van der Waals surface area contributed by atoms with Crippen molar-refractivity contribution in [2.45, 2.75) is 6.54 Å². The molecule has 1 aromatic rings. The first-order valence-electron chi connectivity index (χ1n) is 3.32. The van der Waals surface area contributed by atoms with Crippen molar-refractivity contribution in [2.24, 2.45) is 0 Å². The Kier molecular flexibility index (Phi) is 5.22. The van der Waals surface area contributed by atoms with Crippen molar-refractivity contribution in [3.63, 3.8) is 0 Å². The normalized spacial score (nSPS) is 9.25. The fourth-order valence-corrected chi connectivity index (χ4v) is 1.01. The molecule has 0 saturated heterocycles. The maximum Gasteiger partial charge on any atom is 0.129 e. The van der Waals surface area contributed by atoms with Gasteiger partial charge in [0.25, 0.3) is 0 Å². The van der Waals surface area contributed by atoms with Gasteiger partial charge in [-0.25, -0.2) is 4.39 Å². The van der Waals surface area contributed by atoms with E-state index in [1.54, 1.807) is 19.2 Å². The van der Waals surface area contributed by atoms with Crippen LogP contribution in [0.5, 0.6) is 0 Å². The highest BCUT2D eigenvalue weighted by molar-refractivity contribution is 6.30. The van der Waals surface area contributed by atoms with Crippen LogP contribution in [-0.2, 0) is 6.54 Å². The van der Waals surface area contributed by atoms with Gasteiger partial charge in [-0.05, 0) is 19.2 Å². The molecule has 0 bridgehead atoms. The van der Waals surface area contributed by atoms with Gasteiger partial charge in [-0.3, -0.25) is 0 Å². The van der Waals surface area contributed by atoms with Gasteiger partial charge in [-0.2, -0.15) is 0 Å². The second kappa shape index (κ2) is 5.36. The molecule has 1 N–H and O–H groups in total. The van der Waals surface area contributed by atoms with Gasteiger partial charge in [0.1, 0.15) is 5.82 Å². The van der Waals surface area contributed by atoms with Crippen LogP contribution >= 0.6 is 24.0 Å². The minimum Gasteiger partial charge on any atom is -0.316 e. The molecule has 0 aliphatic carbocycles. The average molecular weight is 210 g/mol. The number of rotatable bonds is 2. The second-order valence-corrected chi connectivity index (χ2v) is 2.70. The summed E-state index contributed by atoms with van der Waals surface area (Å²) in [6.07, 6.45) is 0. The highest BCUT2D eigenvalue weighted by atomic mass is 35.5. The van der Waals surface area contributed by atoms with E-state index in [4.69, 9.17) is 11.6 Å². The molecule has 1 aromatic carbocycles. The number of hydrogen-bond donors (Lipinski definition) is 1. The molecule has 0 radical (unpaired) electrons. The van der Waals surface area contributed by atoms with E-state index in [0.29, 0.717) is 17.1 Å². The van der Waals surface area contributed by atoms with Gasteiger partial charge in [-0.15, -0.1) is 12.4 Å². The Labute approximate surface area is 82.3 Å². The lowest BCUT2D eigenvalue weighted by molar-refractivity contribution is 0.601. The van der Waals surface area contributed by atoms with E-state index in [1.165, 1.54) is 6.07 Å². The van der Waals surface area contributed by atoms with Crippen LogP contribution in [0.4, 0.5) is 4.39 Å². The molecule has 0 amide bonds. The molecule has 68 valence electrons. The van der Waals surface area contributed by atoms with E-state index in [0.717, 1.165) is 0 Å². The van der Waals surface area contributed by atoms with Crippen LogP contribution in [0.15, 0.2) is 18.2 Å². The summed E-state index contributed by atoms with van der Waals surface area (Å²) >= 11 is 5.56. The highest BCUT2D eigenvalue weighted by Gasteiger charge is 1.99. The number of nitrogens with one attached hydrogen (secondary N) is 1. The van der Waals surface area contributed by atoms with Gasteiger partial charge in [-0.1, -0.05) is 17.7 Å². The molecule has 0 spiro atoms. The van der Waals surface area contributed by atoms with Gasteiger partial charge >= 0.3 is 0 Å². The van der Waals surface area contributed by atoms with Crippen LogP contribution in [0.3, 0.4) is 0 Å². The molecule has 12 heavy (non-hydrogen) atoms. The van der Waals surface area contributed by atoms with Crippen LogP contribution in [0.25, 0.3) is 0 Å². The monoisotopic (exact) mass is 209 g/mol. The number of benzene rings is 1. The average Bonchev–Trinajstić information content (AvgIpc) is 1.95.